The Hall–Kier alpha value is -1.14. The van der Waals surface area contributed by atoms with E-state index in [1.165, 1.54) is 6.20 Å². The van der Waals surface area contributed by atoms with Crippen LogP contribution in [-0.2, 0) is 4.79 Å². The molecule has 0 spiro atoms. The number of hydrogen-bond acceptors (Lipinski definition) is 2. The molecule has 2 rings (SSSR count). The lowest BCUT2D eigenvalue weighted by atomic mass is 9.70. The van der Waals surface area contributed by atoms with Gasteiger partial charge in [0.25, 0.3) is 0 Å². The molecule has 2 nitrogen and oxygen atoms in total. The second kappa shape index (κ2) is 6.54. The number of allylic oxidation sites excluding steroid dienone is 1. The fraction of sp³-hybridized carbons (Fsp3) is 0.833. The molecule has 0 bridgehead atoms. The van der Waals surface area contributed by atoms with Gasteiger partial charge < -0.3 is 4.90 Å². The van der Waals surface area contributed by atoms with E-state index in [1.807, 2.05) is 25.7 Å². The first-order valence-electron chi connectivity index (χ1n) is 8.52. The van der Waals surface area contributed by atoms with Crippen LogP contribution in [0, 0.1) is 11.3 Å². The first-order valence-corrected chi connectivity index (χ1v) is 8.52. The molecule has 0 N–H and O–H groups in total. The van der Waals surface area contributed by atoms with Crippen LogP contribution in [0.1, 0.15) is 41.0 Å². The molecule has 1 saturated carbocycles. The Morgan fingerprint density at radius 3 is 1.88 bits per heavy atom. The third kappa shape index (κ3) is 3.56. The molecule has 0 aromatic carbocycles. The SMILES string of the molecule is CC1(C)CCN(C(C)(C)C)C=C1C(=O)C1C(F)C(F)C(F)C(F)C1F. The molecule has 144 valence electrons. The summed E-state index contributed by atoms with van der Waals surface area (Å²) < 4.78 is 69.2. The van der Waals surface area contributed by atoms with Crippen LogP contribution in [-0.4, -0.2) is 53.6 Å². The molecule has 1 heterocycles. The maximum absolute atomic E-state index is 14.2. The summed E-state index contributed by atoms with van der Waals surface area (Å²) in [7, 11) is 0. The molecule has 25 heavy (non-hydrogen) atoms. The van der Waals surface area contributed by atoms with Gasteiger partial charge in [0.15, 0.2) is 24.3 Å². The monoisotopic (exact) mass is 367 g/mol. The van der Waals surface area contributed by atoms with Crippen molar-refractivity contribution in [3.8, 4) is 0 Å². The summed E-state index contributed by atoms with van der Waals surface area (Å²) >= 11 is 0. The summed E-state index contributed by atoms with van der Waals surface area (Å²) in [5, 5.41) is 0. The van der Waals surface area contributed by atoms with E-state index in [2.05, 4.69) is 0 Å². The van der Waals surface area contributed by atoms with E-state index < -0.39 is 48.0 Å². The van der Waals surface area contributed by atoms with Crippen molar-refractivity contribution < 1.29 is 26.7 Å². The number of Topliss-reactive ketones (excluding diaryl/α,β-unsaturated/α-hetero) is 1. The van der Waals surface area contributed by atoms with Gasteiger partial charge in [0.1, 0.15) is 12.3 Å². The summed E-state index contributed by atoms with van der Waals surface area (Å²) in [6.07, 6.45) is -11.9. The summed E-state index contributed by atoms with van der Waals surface area (Å²) in [5.74, 6) is -3.14. The predicted octanol–water partition coefficient (Wildman–Crippen LogP) is 4.29. The molecule has 0 saturated heterocycles. The van der Waals surface area contributed by atoms with Crippen molar-refractivity contribution in [3.63, 3.8) is 0 Å². The van der Waals surface area contributed by atoms with E-state index in [-0.39, 0.29) is 11.1 Å². The lowest BCUT2D eigenvalue weighted by Gasteiger charge is -2.45. The summed E-state index contributed by atoms with van der Waals surface area (Å²) in [6.45, 7) is 9.89. The van der Waals surface area contributed by atoms with Gasteiger partial charge in [-0.1, -0.05) is 13.8 Å². The normalized spacial score (nSPS) is 39.1. The first-order chi connectivity index (χ1) is 11.3. The Bertz CT molecular complexity index is 540. The number of carbonyl (C=O) groups excluding carboxylic acids is 1. The van der Waals surface area contributed by atoms with Crippen molar-refractivity contribution in [3.05, 3.63) is 11.8 Å². The zero-order chi connectivity index (χ0) is 19.3. The highest BCUT2D eigenvalue weighted by Crippen LogP contribution is 2.43. The van der Waals surface area contributed by atoms with Crippen LogP contribution in [0.4, 0.5) is 22.0 Å². The van der Waals surface area contributed by atoms with Gasteiger partial charge in [-0.3, -0.25) is 4.79 Å². The van der Waals surface area contributed by atoms with Gasteiger partial charge in [-0.05, 0) is 32.6 Å². The number of ketones is 1. The standard InChI is InChI=1S/C18H26F5NO/c1-17(2,3)24-7-6-18(4,5)9(8-24)16(25)10-11(19)13(21)15(23)14(22)12(10)20/h8,10-15H,6-7H2,1-5H3. The summed E-state index contributed by atoms with van der Waals surface area (Å²) in [4.78, 5) is 14.7. The number of halogens is 5. The van der Waals surface area contributed by atoms with E-state index >= 15 is 0 Å². The highest BCUT2D eigenvalue weighted by atomic mass is 19.2. The number of alkyl halides is 5. The Kier molecular flexibility index (Phi) is 5.28. The Labute approximate surface area is 145 Å². The van der Waals surface area contributed by atoms with Gasteiger partial charge in [0.05, 0.1) is 5.92 Å². The van der Waals surface area contributed by atoms with Crippen LogP contribution in [0.25, 0.3) is 0 Å². The Morgan fingerprint density at radius 2 is 1.44 bits per heavy atom. The smallest absolute Gasteiger partial charge is 0.169 e. The second-order valence-electron chi connectivity index (χ2n) is 8.65. The highest BCUT2D eigenvalue weighted by molar-refractivity contribution is 5.99. The van der Waals surface area contributed by atoms with Gasteiger partial charge >= 0.3 is 0 Å². The van der Waals surface area contributed by atoms with Crippen molar-refractivity contribution in [1.29, 1.82) is 0 Å². The van der Waals surface area contributed by atoms with E-state index in [9.17, 15) is 26.7 Å². The highest BCUT2D eigenvalue weighted by Gasteiger charge is 2.57. The maximum Gasteiger partial charge on any atom is 0.169 e. The third-order valence-corrected chi connectivity index (χ3v) is 5.32. The molecule has 4 unspecified atom stereocenters. The molecule has 0 amide bonds. The van der Waals surface area contributed by atoms with Crippen LogP contribution in [0.2, 0.25) is 0 Å². The van der Waals surface area contributed by atoms with Gasteiger partial charge in [-0.25, -0.2) is 22.0 Å². The second-order valence-corrected chi connectivity index (χ2v) is 8.65. The van der Waals surface area contributed by atoms with Gasteiger partial charge in [-0.15, -0.1) is 0 Å². The van der Waals surface area contributed by atoms with E-state index in [1.54, 1.807) is 13.8 Å². The third-order valence-electron chi connectivity index (χ3n) is 5.32. The van der Waals surface area contributed by atoms with Crippen LogP contribution >= 0.6 is 0 Å². The molecule has 4 atom stereocenters. The van der Waals surface area contributed by atoms with Crippen molar-refractivity contribution in [2.45, 2.75) is 77.4 Å². The zero-order valence-electron chi connectivity index (χ0n) is 15.2. The molecule has 7 heteroatoms. The molecule has 1 aliphatic carbocycles. The van der Waals surface area contributed by atoms with Crippen molar-refractivity contribution in [2.75, 3.05) is 6.54 Å². The Balaban J connectivity index is 2.41. The summed E-state index contributed by atoms with van der Waals surface area (Å²) in [6, 6.07) is 0. The summed E-state index contributed by atoms with van der Waals surface area (Å²) in [5.41, 5.74) is -0.892. The molecule has 1 fully saturated rings. The zero-order valence-corrected chi connectivity index (χ0v) is 15.2. The fourth-order valence-corrected chi connectivity index (χ4v) is 3.42. The molecular formula is C18H26F5NO. The minimum Gasteiger partial charge on any atom is -0.372 e. The molecule has 1 aliphatic heterocycles. The fourth-order valence-electron chi connectivity index (χ4n) is 3.42. The molecule has 0 radical (unpaired) electrons. The van der Waals surface area contributed by atoms with Gasteiger partial charge in [0.2, 0.25) is 0 Å². The van der Waals surface area contributed by atoms with Crippen LogP contribution < -0.4 is 0 Å². The Morgan fingerprint density at radius 1 is 1.00 bits per heavy atom. The number of nitrogens with zero attached hydrogens (tertiary/aromatic N) is 1. The maximum atomic E-state index is 14.2. The molecule has 0 aromatic heterocycles. The minimum absolute atomic E-state index is 0.126. The average molecular weight is 367 g/mol. The van der Waals surface area contributed by atoms with Crippen molar-refractivity contribution >= 4 is 5.78 Å². The van der Waals surface area contributed by atoms with Gasteiger partial charge in [0, 0.05) is 23.9 Å². The lowest BCUT2D eigenvalue weighted by molar-refractivity contribution is -0.138. The average Bonchev–Trinajstić information content (AvgIpc) is 2.49. The van der Waals surface area contributed by atoms with Crippen LogP contribution in [0.3, 0.4) is 0 Å². The number of rotatable bonds is 2. The van der Waals surface area contributed by atoms with Crippen molar-refractivity contribution in [1.82, 2.24) is 4.90 Å². The topological polar surface area (TPSA) is 20.3 Å². The van der Waals surface area contributed by atoms with E-state index in [0.29, 0.717) is 13.0 Å². The largest absolute Gasteiger partial charge is 0.372 e. The van der Waals surface area contributed by atoms with Crippen LogP contribution in [0.5, 0.6) is 0 Å². The van der Waals surface area contributed by atoms with Crippen molar-refractivity contribution in [2.24, 2.45) is 11.3 Å². The first kappa shape index (κ1) is 20.2. The van der Waals surface area contributed by atoms with E-state index in [4.69, 9.17) is 0 Å². The molecular weight excluding hydrogens is 341 g/mol. The molecule has 0 aromatic rings. The van der Waals surface area contributed by atoms with E-state index in [0.717, 1.165) is 0 Å². The molecule has 2 aliphatic rings. The van der Waals surface area contributed by atoms with Crippen LogP contribution in [0.15, 0.2) is 11.8 Å². The number of hydrogen-bond donors (Lipinski definition) is 0. The lowest BCUT2D eigenvalue weighted by Crippen LogP contribution is -2.57. The predicted molar refractivity (Wildman–Crippen MR) is 85.9 cm³/mol. The quantitative estimate of drug-likeness (QED) is 0.679. The number of carbonyl (C=O) groups is 1. The van der Waals surface area contributed by atoms with Gasteiger partial charge in [-0.2, -0.15) is 0 Å². The minimum atomic E-state index is -2.89.